The van der Waals surface area contributed by atoms with Crippen molar-refractivity contribution < 1.29 is 27.1 Å². The molecular weight excluding hydrogens is 554 g/mol. The minimum absolute atomic E-state index is 0.0179. The van der Waals surface area contributed by atoms with Crippen LogP contribution in [0.1, 0.15) is 47.1 Å². The Morgan fingerprint density at radius 2 is 1.85 bits per heavy atom. The topological polar surface area (TPSA) is 131 Å². The Bertz CT molecular complexity index is 1800. The average Bonchev–Trinajstić information content (AvgIpc) is 2.85. The van der Waals surface area contributed by atoms with Gasteiger partial charge in [0.25, 0.3) is 11.5 Å². The van der Waals surface area contributed by atoms with Crippen LogP contribution in [0.5, 0.6) is 0 Å². The van der Waals surface area contributed by atoms with E-state index in [1.54, 1.807) is 13.0 Å². The number of alkyl halides is 2. The van der Waals surface area contributed by atoms with Gasteiger partial charge in [-0.3, -0.25) is 9.20 Å². The van der Waals surface area contributed by atoms with Gasteiger partial charge in [-0.15, -0.1) is 0 Å². The lowest BCUT2D eigenvalue weighted by atomic mass is 10.0. The molecule has 0 aliphatic carbocycles. The van der Waals surface area contributed by atoms with E-state index in [1.807, 2.05) is 0 Å². The molecule has 3 aromatic heterocycles. The number of fused-ring (bicyclic) bond motifs is 1. The number of sulfone groups is 1. The molecule has 4 rings (SSSR count). The number of carboxylic acid groups (broad SMARTS) is 1. The summed E-state index contributed by atoms with van der Waals surface area (Å²) in [7, 11) is -3.71. The number of pyridine rings is 2. The molecule has 0 saturated carbocycles. The maximum atomic E-state index is 14.5. The number of aromatic carboxylic acids is 1. The van der Waals surface area contributed by atoms with E-state index in [4.69, 9.17) is 11.6 Å². The highest BCUT2D eigenvalue weighted by atomic mass is 35.5. The standard InChI is InChI=1S/C26H23ClF2N4O5S/c1-13-21(16-7-5-6-8-19(16)39(4,37)38)32-23-17(11-15(26(3,28)29)12-33(23)24(13)34)14(2)30-18-9-10-20(27)31-22(18)25(35)36/h5-12,14,30H,1-4H3,(H,35,36)/t14-/m1/s1. The molecule has 0 aliphatic rings. The van der Waals surface area contributed by atoms with Gasteiger partial charge in [0.05, 0.1) is 22.3 Å². The van der Waals surface area contributed by atoms with Gasteiger partial charge in [-0.2, -0.15) is 0 Å². The van der Waals surface area contributed by atoms with Crippen LogP contribution >= 0.6 is 11.6 Å². The Labute approximate surface area is 227 Å². The highest BCUT2D eigenvalue weighted by Gasteiger charge is 2.29. The second-order valence-electron chi connectivity index (χ2n) is 9.13. The lowest BCUT2D eigenvalue weighted by molar-refractivity contribution is 0.0169. The van der Waals surface area contributed by atoms with E-state index < -0.39 is 38.9 Å². The van der Waals surface area contributed by atoms with E-state index >= 15 is 0 Å². The fourth-order valence-electron chi connectivity index (χ4n) is 4.19. The summed E-state index contributed by atoms with van der Waals surface area (Å²) >= 11 is 5.84. The van der Waals surface area contributed by atoms with Crippen molar-refractivity contribution >= 4 is 38.7 Å². The van der Waals surface area contributed by atoms with Gasteiger partial charge in [-0.1, -0.05) is 29.8 Å². The van der Waals surface area contributed by atoms with E-state index in [0.29, 0.717) is 6.92 Å². The summed E-state index contributed by atoms with van der Waals surface area (Å²) in [4.78, 5) is 33.6. The van der Waals surface area contributed by atoms with Gasteiger partial charge in [0.15, 0.2) is 15.5 Å². The number of halogens is 3. The highest BCUT2D eigenvalue weighted by Crippen LogP contribution is 2.34. The molecule has 1 aromatic carbocycles. The molecule has 0 amide bonds. The fourth-order valence-corrected chi connectivity index (χ4v) is 5.22. The largest absolute Gasteiger partial charge is 0.476 e. The normalized spacial score (nSPS) is 12.9. The third kappa shape index (κ3) is 5.48. The molecule has 0 spiro atoms. The first-order chi connectivity index (χ1) is 18.1. The Hall–Kier alpha value is -3.90. The molecule has 0 radical (unpaired) electrons. The predicted molar refractivity (Wildman–Crippen MR) is 143 cm³/mol. The first kappa shape index (κ1) is 28.1. The second kappa shape index (κ2) is 10.0. The Balaban J connectivity index is 2.02. The van der Waals surface area contributed by atoms with Crippen LogP contribution in [-0.2, 0) is 15.8 Å². The zero-order chi connectivity index (χ0) is 28.9. The molecule has 39 heavy (non-hydrogen) atoms. The molecule has 0 unspecified atom stereocenters. The number of benzene rings is 1. The van der Waals surface area contributed by atoms with Gasteiger partial charge in [0.2, 0.25) is 0 Å². The van der Waals surface area contributed by atoms with Gasteiger partial charge in [-0.05, 0) is 38.1 Å². The number of anilines is 1. The van der Waals surface area contributed by atoms with Gasteiger partial charge in [0.1, 0.15) is 10.8 Å². The Morgan fingerprint density at radius 3 is 2.46 bits per heavy atom. The number of hydrogen-bond acceptors (Lipinski definition) is 7. The zero-order valence-corrected chi connectivity index (χ0v) is 22.7. The highest BCUT2D eigenvalue weighted by molar-refractivity contribution is 7.90. The molecule has 9 nitrogen and oxygen atoms in total. The third-order valence-corrected chi connectivity index (χ3v) is 7.49. The SMILES string of the molecule is Cc1c(-c2ccccc2S(C)(=O)=O)nc2c([C@@H](C)Nc3ccc(Cl)nc3C(=O)O)cc(C(C)(F)F)cn2c1=O. The fraction of sp³-hybridized carbons (Fsp3) is 0.231. The van der Waals surface area contributed by atoms with Gasteiger partial charge < -0.3 is 10.4 Å². The van der Waals surface area contributed by atoms with Gasteiger partial charge >= 0.3 is 5.97 Å². The first-order valence-corrected chi connectivity index (χ1v) is 13.8. The van der Waals surface area contributed by atoms with Crippen molar-refractivity contribution in [2.75, 3.05) is 11.6 Å². The average molecular weight is 577 g/mol. The van der Waals surface area contributed by atoms with Crippen LogP contribution in [0, 0.1) is 6.92 Å². The van der Waals surface area contributed by atoms with Crippen LogP contribution in [0.25, 0.3) is 16.9 Å². The molecule has 0 bridgehead atoms. The van der Waals surface area contributed by atoms with Crippen LogP contribution in [0.15, 0.2) is 58.4 Å². The molecule has 2 N–H and O–H groups in total. The van der Waals surface area contributed by atoms with E-state index in [0.717, 1.165) is 16.9 Å². The lowest BCUT2D eigenvalue weighted by Crippen LogP contribution is -2.24. The van der Waals surface area contributed by atoms with Crippen LogP contribution in [0.3, 0.4) is 0 Å². The van der Waals surface area contributed by atoms with Crippen molar-refractivity contribution in [3.63, 3.8) is 0 Å². The molecule has 13 heteroatoms. The minimum atomic E-state index is -3.71. The summed E-state index contributed by atoms with van der Waals surface area (Å²) in [6.07, 6.45) is 2.02. The maximum absolute atomic E-state index is 14.5. The second-order valence-corrected chi connectivity index (χ2v) is 11.5. The number of hydrogen-bond donors (Lipinski definition) is 2. The zero-order valence-electron chi connectivity index (χ0n) is 21.2. The molecule has 0 aliphatic heterocycles. The molecule has 0 saturated heterocycles. The molecule has 204 valence electrons. The summed E-state index contributed by atoms with van der Waals surface area (Å²) in [6.45, 7) is 3.69. The number of aromatic nitrogens is 3. The molecule has 4 aromatic rings. The van der Waals surface area contributed by atoms with Crippen molar-refractivity contribution in [3.8, 4) is 11.3 Å². The van der Waals surface area contributed by atoms with Gasteiger partial charge in [-0.25, -0.2) is 32.0 Å². The van der Waals surface area contributed by atoms with Crippen LogP contribution in [-0.4, -0.2) is 40.1 Å². The van der Waals surface area contributed by atoms with Crippen molar-refractivity contribution in [3.05, 3.63) is 86.6 Å². The first-order valence-electron chi connectivity index (χ1n) is 11.5. The predicted octanol–water partition coefficient (Wildman–Crippen LogP) is 5.10. The Kier molecular flexibility index (Phi) is 7.21. The number of nitrogens with zero attached hydrogens (tertiary/aromatic N) is 3. The van der Waals surface area contributed by atoms with E-state index in [-0.39, 0.29) is 49.5 Å². The van der Waals surface area contributed by atoms with Crippen LogP contribution < -0.4 is 10.9 Å². The lowest BCUT2D eigenvalue weighted by Gasteiger charge is -2.22. The van der Waals surface area contributed by atoms with E-state index in [2.05, 4.69) is 15.3 Å². The summed E-state index contributed by atoms with van der Waals surface area (Å²) in [5.41, 5.74) is -1.04. The molecule has 3 heterocycles. The number of carboxylic acids is 1. The van der Waals surface area contributed by atoms with Gasteiger partial charge in [0, 0.05) is 41.6 Å². The van der Waals surface area contributed by atoms with Crippen molar-refractivity contribution in [1.29, 1.82) is 0 Å². The number of rotatable bonds is 7. The van der Waals surface area contributed by atoms with Crippen molar-refractivity contribution in [2.24, 2.45) is 0 Å². The molecule has 0 fully saturated rings. The minimum Gasteiger partial charge on any atom is -0.476 e. The quantitative estimate of drug-likeness (QED) is 0.290. The summed E-state index contributed by atoms with van der Waals surface area (Å²) in [5.74, 6) is -4.69. The summed E-state index contributed by atoms with van der Waals surface area (Å²) in [5, 5.41) is 12.4. The summed E-state index contributed by atoms with van der Waals surface area (Å²) in [6, 6.07) is 9.09. The maximum Gasteiger partial charge on any atom is 0.356 e. The molecule has 1 atom stereocenters. The Morgan fingerprint density at radius 1 is 1.18 bits per heavy atom. The third-order valence-electron chi connectivity index (χ3n) is 6.13. The van der Waals surface area contributed by atoms with E-state index in [1.165, 1.54) is 43.3 Å². The van der Waals surface area contributed by atoms with Crippen molar-refractivity contribution in [2.45, 2.75) is 37.6 Å². The smallest absolute Gasteiger partial charge is 0.356 e. The van der Waals surface area contributed by atoms with Crippen LogP contribution in [0.4, 0.5) is 14.5 Å². The number of nitrogens with one attached hydrogen (secondary N) is 1. The van der Waals surface area contributed by atoms with Crippen LogP contribution in [0.2, 0.25) is 5.15 Å². The number of carbonyl (C=O) groups is 1. The molecular formula is C26H23ClF2N4O5S. The van der Waals surface area contributed by atoms with Crippen molar-refractivity contribution in [1.82, 2.24) is 14.4 Å². The monoisotopic (exact) mass is 576 g/mol. The summed E-state index contributed by atoms with van der Waals surface area (Å²) < 4.78 is 54.9. The van der Waals surface area contributed by atoms with E-state index in [9.17, 15) is 31.9 Å².